The van der Waals surface area contributed by atoms with Gasteiger partial charge in [0.05, 0.1) is 18.2 Å². The van der Waals surface area contributed by atoms with Gasteiger partial charge in [-0.05, 0) is 29.5 Å². The number of benzene rings is 1. The van der Waals surface area contributed by atoms with Crippen LogP contribution in [0.25, 0.3) is 22.4 Å². The van der Waals surface area contributed by atoms with Crippen LogP contribution in [0.1, 0.15) is 12.8 Å². The van der Waals surface area contributed by atoms with Gasteiger partial charge in [0.15, 0.2) is 0 Å². The minimum atomic E-state index is -0.781. The molecule has 0 aliphatic carbocycles. The lowest BCUT2D eigenvalue weighted by Gasteiger charge is -2.10. The standard InChI is InChI=1S/C15H12ClFN2O5/c16-10-6-8-5-9-13(20)18-15(21)19-14(9)24-11(8)7-12(10)22-3-1-2-4-23-17/h5-7H,1-4H2,(H,18,20,21). The number of ether oxygens (including phenoxy) is 1. The highest BCUT2D eigenvalue weighted by molar-refractivity contribution is 6.32. The molecule has 0 unspecified atom stereocenters. The Morgan fingerprint density at radius 1 is 1.21 bits per heavy atom. The Morgan fingerprint density at radius 3 is 2.79 bits per heavy atom. The van der Waals surface area contributed by atoms with Gasteiger partial charge in [0.1, 0.15) is 16.9 Å². The smallest absolute Gasteiger partial charge is 0.351 e. The van der Waals surface area contributed by atoms with Crippen LogP contribution in [-0.4, -0.2) is 23.2 Å². The second kappa shape index (κ2) is 6.98. The van der Waals surface area contributed by atoms with E-state index in [-0.39, 0.29) is 18.1 Å². The second-order valence-electron chi connectivity index (χ2n) is 5.03. The largest absolute Gasteiger partial charge is 0.492 e. The molecule has 9 heteroatoms. The molecule has 0 amide bonds. The average Bonchev–Trinajstić information content (AvgIpc) is 2.54. The second-order valence-corrected chi connectivity index (χ2v) is 5.43. The van der Waals surface area contributed by atoms with Gasteiger partial charge in [-0.15, -0.1) is 0 Å². The lowest BCUT2D eigenvalue weighted by atomic mass is 10.1. The molecule has 126 valence electrons. The highest BCUT2D eigenvalue weighted by atomic mass is 35.5. The Kier molecular flexibility index (Phi) is 4.77. The van der Waals surface area contributed by atoms with Crippen LogP contribution >= 0.6 is 11.6 Å². The molecule has 0 fully saturated rings. The van der Waals surface area contributed by atoms with E-state index >= 15 is 0 Å². The van der Waals surface area contributed by atoms with Crippen molar-refractivity contribution in [2.75, 3.05) is 13.2 Å². The Bertz CT molecular complexity index is 955. The van der Waals surface area contributed by atoms with Gasteiger partial charge in [-0.25, -0.2) is 4.79 Å². The van der Waals surface area contributed by atoms with Crippen molar-refractivity contribution < 1.29 is 18.6 Å². The monoisotopic (exact) mass is 354 g/mol. The van der Waals surface area contributed by atoms with Crippen molar-refractivity contribution in [2.24, 2.45) is 0 Å². The van der Waals surface area contributed by atoms with Gasteiger partial charge in [-0.1, -0.05) is 11.6 Å². The van der Waals surface area contributed by atoms with Crippen LogP contribution in [0.15, 0.2) is 32.2 Å². The predicted octanol–water partition coefficient (Wildman–Crippen LogP) is 2.69. The summed E-state index contributed by atoms with van der Waals surface area (Å²) in [4.78, 5) is 32.2. The molecule has 2 aliphatic heterocycles. The summed E-state index contributed by atoms with van der Waals surface area (Å²) in [5.41, 5.74) is -0.845. The number of rotatable bonds is 6. The van der Waals surface area contributed by atoms with Gasteiger partial charge in [-0.2, -0.15) is 9.93 Å². The zero-order valence-corrected chi connectivity index (χ0v) is 13.1. The van der Waals surface area contributed by atoms with Gasteiger partial charge < -0.3 is 9.15 Å². The lowest BCUT2D eigenvalue weighted by Crippen LogP contribution is -2.24. The molecule has 0 spiro atoms. The molecule has 0 bridgehead atoms. The van der Waals surface area contributed by atoms with E-state index in [1.807, 2.05) is 0 Å². The first kappa shape index (κ1) is 16.4. The van der Waals surface area contributed by atoms with Crippen molar-refractivity contribution in [3.05, 3.63) is 44.1 Å². The maximum absolute atomic E-state index is 11.8. The van der Waals surface area contributed by atoms with E-state index in [2.05, 4.69) is 14.9 Å². The molecule has 0 atom stereocenters. The molecule has 1 aromatic rings. The molecule has 1 aromatic carbocycles. The third-order valence-corrected chi connectivity index (χ3v) is 3.64. The fourth-order valence-electron chi connectivity index (χ4n) is 2.21. The average molecular weight is 355 g/mol. The molecule has 1 N–H and O–H groups in total. The van der Waals surface area contributed by atoms with E-state index in [4.69, 9.17) is 20.8 Å². The number of aromatic nitrogens is 2. The van der Waals surface area contributed by atoms with Gasteiger partial charge in [0.25, 0.3) is 5.56 Å². The van der Waals surface area contributed by atoms with Crippen LogP contribution in [0.4, 0.5) is 4.53 Å². The number of hydrogen-bond donors (Lipinski definition) is 1. The van der Waals surface area contributed by atoms with E-state index in [0.717, 1.165) is 0 Å². The van der Waals surface area contributed by atoms with Crippen LogP contribution in [0.2, 0.25) is 5.02 Å². The van der Waals surface area contributed by atoms with E-state index in [1.54, 1.807) is 12.1 Å². The number of fused-ring (bicyclic) bond motifs is 2. The first-order valence-electron chi connectivity index (χ1n) is 7.12. The summed E-state index contributed by atoms with van der Waals surface area (Å²) in [5.74, 6) is 0.310. The highest BCUT2D eigenvalue weighted by Gasteiger charge is 2.15. The molecule has 0 aromatic heterocycles. The van der Waals surface area contributed by atoms with Crippen molar-refractivity contribution in [1.82, 2.24) is 9.97 Å². The summed E-state index contributed by atoms with van der Waals surface area (Å²) in [7, 11) is 0. The molecule has 0 saturated carbocycles. The minimum absolute atomic E-state index is 0.00782. The van der Waals surface area contributed by atoms with Gasteiger partial charge in [0.2, 0.25) is 5.89 Å². The molecule has 0 saturated heterocycles. The SMILES string of the molecule is O=c1nc2oc3cc(OCCCCOF)c(Cl)cc3cc-2c(=O)[nH]1. The van der Waals surface area contributed by atoms with Crippen molar-refractivity contribution in [2.45, 2.75) is 12.8 Å². The number of H-pyrrole nitrogens is 1. The Balaban J connectivity index is 1.95. The van der Waals surface area contributed by atoms with E-state index in [0.29, 0.717) is 41.2 Å². The molecule has 3 rings (SSSR count). The normalized spacial score (nSPS) is 11.2. The number of hydrogen-bond acceptors (Lipinski definition) is 6. The van der Waals surface area contributed by atoms with Crippen LogP contribution in [0.3, 0.4) is 0 Å². The van der Waals surface area contributed by atoms with Crippen LogP contribution in [0, 0.1) is 0 Å². The summed E-state index contributed by atoms with van der Waals surface area (Å²) < 4.78 is 22.6. The zero-order chi connectivity index (χ0) is 17.1. The Labute approximate surface area is 139 Å². The molecular formula is C15H12ClFN2O5. The molecule has 24 heavy (non-hydrogen) atoms. The van der Waals surface area contributed by atoms with Gasteiger partial charge in [-0.3, -0.25) is 9.78 Å². The summed E-state index contributed by atoms with van der Waals surface area (Å²) >= 11 is 6.16. The van der Waals surface area contributed by atoms with Crippen LogP contribution in [-0.2, 0) is 4.94 Å². The first-order valence-corrected chi connectivity index (χ1v) is 7.50. The topological polar surface area (TPSA) is 94.4 Å². The Hall–Kier alpha value is -2.45. The van der Waals surface area contributed by atoms with Crippen LogP contribution in [0.5, 0.6) is 5.75 Å². The number of nitrogens with zero attached hydrogens (tertiary/aromatic N) is 1. The van der Waals surface area contributed by atoms with Crippen molar-refractivity contribution in [1.29, 1.82) is 0 Å². The van der Waals surface area contributed by atoms with E-state index in [9.17, 15) is 14.1 Å². The van der Waals surface area contributed by atoms with E-state index in [1.165, 1.54) is 6.07 Å². The summed E-state index contributed by atoms with van der Waals surface area (Å²) in [6.45, 7) is 0.332. The van der Waals surface area contributed by atoms with Crippen molar-refractivity contribution in [3.8, 4) is 17.2 Å². The molecular weight excluding hydrogens is 343 g/mol. The maximum atomic E-state index is 11.8. The quantitative estimate of drug-likeness (QED) is 0.540. The van der Waals surface area contributed by atoms with Crippen molar-refractivity contribution in [3.63, 3.8) is 0 Å². The maximum Gasteiger partial charge on any atom is 0.351 e. The molecule has 2 heterocycles. The van der Waals surface area contributed by atoms with Crippen LogP contribution < -0.4 is 16.0 Å². The summed E-state index contributed by atoms with van der Waals surface area (Å²) in [5, 5.41) is 0.903. The number of nitrogens with one attached hydrogen (secondary N) is 1. The Morgan fingerprint density at radius 2 is 2.00 bits per heavy atom. The lowest BCUT2D eigenvalue weighted by molar-refractivity contribution is -0.133. The highest BCUT2D eigenvalue weighted by Crippen LogP contribution is 2.32. The number of aromatic amines is 1. The molecule has 7 nitrogen and oxygen atoms in total. The fourth-order valence-corrected chi connectivity index (χ4v) is 2.44. The third-order valence-electron chi connectivity index (χ3n) is 3.34. The minimum Gasteiger partial charge on any atom is -0.492 e. The summed E-state index contributed by atoms with van der Waals surface area (Å²) in [6, 6.07) is 4.67. The van der Waals surface area contributed by atoms with Crippen molar-refractivity contribution >= 4 is 22.6 Å². The number of unbranched alkanes of at least 4 members (excludes halogenated alkanes) is 1. The molecule has 0 radical (unpaired) electrons. The number of halogens is 2. The predicted molar refractivity (Wildman–Crippen MR) is 84.3 cm³/mol. The summed E-state index contributed by atoms with van der Waals surface area (Å²) in [6.07, 6.45) is 1.10. The van der Waals surface area contributed by atoms with E-state index < -0.39 is 11.2 Å². The third kappa shape index (κ3) is 3.39. The zero-order valence-electron chi connectivity index (χ0n) is 12.3. The first-order chi connectivity index (χ1) is 11.6. The fraction of sp³-hybridized carbons (Fsp3) is 0.267. The molecule has 2 aliphatic rings. The van der Waals surface area contributed by atoms with Gasteiger partial charge in [0, 0.05) is 11.5 Å². The van der Waals surface area contributed by atoms with Gasteiger partial charge >= 0.3 is 5.69 Å².